The van der Waals surface area contributed by atoms with Crippen LogP contribution in [0.4, 0.5) is 0 Å². The molecule has 1 unspecified atom stereocenters. The molecule has 0 radical (unpaired) electrons. The van der Waals surface area contributed by atoms with Crippen LogP contribution in [0.25, 0.3) is 11.1 Å². The van der Waals surface area contributed by atoms with Gasteiger partial charge in [-0.1, -0.05) is 48.0 Å². The number of carboxylic acids is 1. The van der Waals surface area contributed by atoms with Gasteiger partial charge < -0.3 is 5.11 Å². The van der Waals surface area contributed by atoms with E-state index in [2.05, 4.69) is 5.43 Å². The number of hydrazine groups is 1. The van der Waals surface area contributed by atoms with Gasteiger partial charge in [-0.15, -0.1) is 0 Å². The number of aromatic carboxylic acids is 1. The lowest BCUT2D eigenvalue weighted by Crippen LogP contribution is -2.47. The molecule has 0 saturated heterocycles. The third-order valence-electron chi connectivity index (χ3n) is 5.06. The van der Waals surface area contributed by atoms with E-state index < -0.39 is 27.0 Å². The average molecular weight is 439 g/mol. The average Bonchev–Trinajstić information content (AvgIpc) is 2.74. The Hall–Kier alpha value is -3.33. The number of aryl methyl sites for hydroxylation is 1. The molecule has 4 N–H and O–H groups in total. The monoisotopic (exact) mass is 438 g/mol. The van der Waals surface area contributed by atoms with Gasteiger partial charge in [0.1, 0.15) is 0 Å². The Kier molecular flexibility index (Phi) is 6.35. The number of nitrogens with one attached hydrogen (secondary N) is 1. The van der Waals surface area contributed by atoms with Crippen LogP contribution >= 0.6 is 0 Å². The van der Waals surface area contributed by atoms with E-state index in [-0.39, 0.29) is 21.6 Å². The van der Waals surface area contributed by atoms with Gasteiger partial charge in [0.05, 0.1) is 10.5 Å². The number of benzene rings is 3. The molecule has 0 fully saturated rings. The number of sulfone groups is 1. The van der Waals surface area contributed by atoms with E-state index in [0.29, 0.717) is 11.1 Å². The molecule has 3 rings (SSSR count). The van der Waals surface area contributed by atoms with Crippen LogP contribution in [0.2, 0.25) is 0 Å². The molecule has 0 aromatic heterocycles. The summed E-state index contributed by atoms with van der Waals surface area (Å²) in [6.45, 7) is 3.28. The standard InChI is InChI=1S/C23H22N2O5S/c1-14-8-10-18(11-9-14)31(29,30)22(25-24)21(26)19-12-17(16-6-4-3-5-7-16)13-20(15(19)2)23(27)28/h3-13,22,25H,24H2,1-2H3,(H,27,28). The van der Waals surface area contributed by atoms with Gasteiger partial charge in [-0.3, -0.25) is 10.6 Å². The highest BCUT2D eigenvalue weighted by molar-refractivity contribution is 7.92. The van der Waals surface area contributed by atoms with Crippen LogP contribution in [0.5, 0.6) is 0 Å². The summed E-state index contributed by atoms with van der Waals surface area (Å²) in [5, 5.41) is 7.86. The molecular weight excluding hydrogens is 416 g/mol. The van der Waals surface area contributed by atoms with Gasteiger partial charge in [-0.25, -0.2) is 18.6 Å². The fourth-order valence-electron chi connectivity index (χ4n) is 3.30. The molecule has 0 aliphatic carbocycles. The van der Waals surface area contributed by atoms with E-state index in [1.54, 1.807) is 36.4 Å². The molecule has 3 aromatic rings. The number of hydrogen-bond acceptors (Lipinski definition) is 6. The molecule has 7 nitrogen and oxygen atoms in total. The van der Waals surface area contributed by atoms with Gasteiger partial charge in [0, 0.05) is 5.56 Å². The zero-order valence-electron chi connectivity index (χ0n) is 17.0. The summed E-state index contributed by atoms with van der Waals surface area (Å²) < 4.78 is 26.2. The topological polar surface area (TPSA) is 127 Å². The maximum Gasteiger partial charge on any atom is 0.335 e. The molecule has 0 amide bonds. The Morgan fingerprint density at radius 2 is 1.48 bits per heavy atom. The fourth-order valence-corrected chi connectivity index (χ4v) is 4.68. The van der Waals surface area contributed by atoms with Gasteiger partial charge in [0.2, 0.25) is 9.84 Å². The van der Waals surface area contributed by atoms with Crippen molar-refractivity contribution in [3.8, 4) is 11.1 Å². The number of ketones is 1. The van der Waals surface area contributed by atoms with Gasteiger partial charge in [-0.05, 0) is 54.8 Å². The first kappa shape index (κ1) is 22.4. The van der Waals surface area contributed by atoms with Crippen molar-refractivity contribution < 1.29 is 23.1 Å². The van der Waals surface area contributed by atoms with Crippen LogP contribution < -0.4 is 11.3 Å². The maximum atomic E-state index is 13.3. The quantitative estimate of drug-likeness (QED) is 0.294. The molecule has 0 bridgehead atoms. The van der Waals surface area contributed by atoms with Crippen molar-refractivity contribution in [2.24, 2.45) is 5.84 Å². The molecule has 0 saturated carbocycles. The number of nitrogens with two attached hydrogens (primary N) is 1. The van der Waals surface area contributed by atoms with E-state index in [1.165, 1.54) is 31.2 Å². The van der Waals surface area contributed by atoms with Crippen molar-refractivity contribution in [1.82, 2.24) is 5.43 Å². The van der Waals surface area contributed by atoms with Crippen molar-refractivity contribution in [3.63, 3.8) is 0 Å². The van der Waals surface area contributed by atoms with Gasteiger partial charge in [0.25, 0.3) is 0 Å². The lowest BCUT2D eigenvalue weighted by molar-refractivity contribution is 0.0696. The molecule has 0 heterocycles. The van der Waals surface area contributed by atoms with E-state index in [0.717, 1.165) is 5.56 Å². The number of carbonyl (C=O) groups excluding carboxylic acids is 1. The number of carboxylic acid groups (broad SMARTS) is 1. The normalized spacial score (nSPS) is 12.4. The van der Waals surface area contributed by atoms with Crippen molar-refractivity contribution in [1.29, 1.82) is 0 Å². The summed E-state index contributed by atoms with van der Waals surface area (Å²) in [7, 11) is -4.18. The number of carbonyl (C=O) groups is 2. The highest BCUT2D eigenvalue weighted by Gasteiger charge is 2.35. The maximum absolute atomic E-state index is 13.3. The molecule has 0 aliphatic rings. The largest absolute Gasteiger partial charge is 0.478 e. The highest BCUT2D eigenvalue weighted by atomic mass is 32.2. The molecule has 3 aromatic carbocycles. The van der Waals surface area contributed by atoms with E-state index in [1.807, 2.05) is 13.0 Å². The summed E-state index contributed by atoms with van der Waals surface area (Å²) in [6, 6.07) is 17.9. The first-order chi connectivity index (χ1) is 14.7. The summed E-state index contributed by atoms with van der Waals surface area (Å²) in [5.41, 5.74) is 4.18. The smallest absolute Gasteiger partial charge is 0.335 e. The summed E-state index contributed by atoms with van der Waals surface area (Å²) in [5.74, 6) is 3.44. The minimum Gasteiger partial charge on any atom is -0.478 e. The summed E-state index contributed by atoms with van der Waals surface area (Å²) >= 11 is 0. The van der Waals surface area contributed by atoms with Crippen LogP contribution in [0.3, 0.4) is 0 Å². The first-order valence-electron chi connectivity index (χ1n) is 9.41. The minimum atomic E-state index is -4.18. The van der Waals surface area contributed by atoms with E-state index >= 15 is 0 Å². The third kappa shape index (κ3) is 4.41. The van der Waals surface area contributed by atoms with Crippen LogP contribution in [0.1, 0.15) is 31.8 Å². The van der Waals surface area contributed by atoms with Crippen LogP contribution in [0.15, 0.2) is 71.6 Å². The second kappa shape index (κ2) is 8.81. The van der Waals surface area contributed by atoms with Crippen molar-refractivity contribution in [2.75, 3.05) is 0 Å². The Balaban J connectivity index is 2.15. The number of rotatable bonds is 7. The molecular formula is C23H22N2O5S. The number of hydrogen-bond donors (Lipinski definition) is 3. The third-order valence-corrected chi connectivity index (χ3v) is 6.96. The van der Waals surface area contributed by atoms with Gasteiger partial charge >= 0.3 is 5.97 Å². The minimum absolute atomic E-state index is 0.0302. The van der Waals surface area contributed by atoms with Crippen molar-refractivity contribution in [2.45, 2.75) is 24.1 Å². The number of Topliss-reactive ketones (excluding diaryl/α,β-unsaturated/α-hetero) is 1. The fraction of sp³-hybridized carbons (Fsp3) is 0.130. The van der Waals surface area contributed by atoms with Crippen LogP contribution in [-0.4, -0.2) is 30.7 Å². The highest BCUT2D eigenvalue weighted by Crippen LogP contribution is 2.28. The molecule has 0 spiro atoms. The molecule has 0 aliphatic heterocycles. The molecule has 160 valence electrons. The Bertz CT molecular complexity index is 1240. The zero-order chi connectivity index (χ0) is 22.8. The molecule has 8 heteroatoms. The van der Waals surface area contributed by atoms with Gasteiger partial charge in [-0.2, -0.15) is 0 Å². The van der Waals surface area contributed by atoms with Gasteiger partial charge in [0.15, 0.2) is 11.2 Å². The molecule has 31 heavy (non-hydrogen) atoms. The predicted octanol–water partition coefficient (Wildman–Crippen LogP) is 3.11. The second-order valence-corrected chi connectivity index (χ2v) is 9.17. The lowest BCUT2D eigenvalue weighted by Gasteiger charge is -2.19. The second-order valence-electron chi connectivity index (χ2n) is 7.14. The lowest BCUT2D eigenvalue weighted by atomic mass is 9.93. The summed E-state index contributed by atoms with van der Waals surface area (Å²) in [6.07, 6.45) is 0. The SMILES string of the molecule is Cc1ccc(S(=O)(=O)C(NN)C(=O)c2cc(-c3ccccc3)cc(C(=O)O)c2C)cc1. The van der Waals surface area contributed by atoms with Crippen LogP contribution in [-0.2, 0) is 9.84 Å². The van der Waals surface area contributed by atoms with Crippen molar-refractivity contribution >= 4 is 21.6 Å². The van der Waals surface area contributed by atoms with E-state index in [4.69, 9.17) is 5.84 Å². The zero-order valence-corrected chi connectivity index (χ0v) is 17.8. The van der Waals surface area contributed by atoms with Crippen molar-refractivity contribution in [3.05, 3.63) is 89.0 Å². The predicted molar refractivity (Wildman–Crippen MR) is 117 cm³/mol. The van der Waals surface area contributed by atoms with E-state index in [9.17, 15) is 23.1 Å². The first-order valence-corrected chi connectivity index (χ1v) is 11.0. The Morgan fingerprint density at radius 1 is 0.903 bits per heavy atom. The summed E-state index contributed by atoms with van der Waals surface area (Å²) in [4.78, 5) is 25.1. The Morgan fingerprint density at radius 3 is 2.03 bits per heavy atom. The van der Waals surface area contributed by atoms with Crippen LogP contribution in [0, 0.1) is 13.8 Å². The molecule has 1 atom stereocenters. The Labute approximate surface area is 180 Å².